The van der Waals surface area contributed by atoms with Gasteiger partial charge in [-0.1, -0.05) is 24.3 Å². The van der Waals surface area contributed by atoms with Crippen LogP contribution in [0.2, 0.25) is 0 Å². The SMILES string of the molecule is COc1ccc(CNC(=O)CN2C(=O)[C@@H](C)Oc3ccccc32)cc1. The Morgan fingerprint density at radius 3 is 2.64 bits per heavy atom. The average Bonchev–Trinajstić information content (AvgIpc) is 2.64. The molecule has 2 aromatic carbocycles. The fraction of sp³-hybridized carbons (Fsp3) is 0.263. The number of rotatable bonds is 5. The highest BCUT2D eigenvalue weighted by molar-refractivity contribution is 6.03. The summed E-state index contributed by atoms with van der Waals surface area (Å²) in [6.45, 7) is 2.03. The summed E-state index contributed by atoms with van der Waals surface area (Å²) in [7, 11) is 1.61. The van der Waals surface area contributed by atoms with Gasteiger partial charge in [0.2, 0.25) is 5.91 Å². The first kappa shape index (κ1) is 16.8. The maximum atomic E-state index is 12.4. The molecule has 1 aliphatic heterocycles. The van der Waals surface area contributed by atoms with Crippen molar-refractivity contribution in [2.45, 2.75) is 19.6 Å². The molecule has 1 N–H and O–H groups in total. The Labute approximate surface area is 146 Å². The molecule has 0 saturated carbocycles. The van der Waals surface area contributed by atoms with E-state index in [1.807, 2.05) is 36.4 Å². The zero-order valence-electron chi connectivity index (χ0n) is 14.2. The predicted octanol–water partition coefficient (Wildman–Crippen LogP) is 2.13. The normalized spacial score (nSPS) is 16.0. The molecule has 1 heterocycles. The molecule has 25 heavy (non-hydrogen) atoms. The van der Waals surface area contributed by atoms with Gasteiger partial charge in [0.25, 0.3) is 5.91 Å². The average molecular weight is 340 g/mol. The van der Waals surface area contributed by atoms with Gasteiger partial charge in [-0.05, 0) is 36.8 Å². The molecule has 0 saturated heterocycles. The fourth-order valence-corrected chi connectivity index (χ4v) is 2.67. The third-order valence-corrected chi connectivity index (χ3v) is 4.02. The van der Waals surface area contributed by atoms with Gasteiger partial charge in [-0.3, -0.25) is 14.5 Å². The Morgan fingerprint density at radius 1 is 1.20 bits per heavy atom. The second-order valence-electron chi connectivity index (χ2n) is 5.78. The number of carbonyl (C=O) groups is 2. The van der Waals surface area contributed by atoms with Crippen LogP contribution >= 0.6 is 0 Å². The van der Waals surface area contributed by atoms with Crippen molar-refractivity contribution >= 4 is 17.5 Å². The Morgan fingerprint density at radius 2 is 1.92 bits per heavy atom. The summed E-state index contributed by atoms with van der Waals surface area (Å²) < 4.78 is 10.7. The molecule has 0 bridgehead atoms. The second-order valence-corrected chi connectivity index (χ2v) is 5.78. The molecule has 0 fully saturated rings. The largest absolute Gasteiger partial charge is 0.497 e. The standard InChI is InChI=1S/C19H20N2O4/c1-13-19(23)21(16-5-3-4-6-17(16)25-13)12-18(22)20-11-14-7-9-15(24-2)10-8-14/h3-10,13H,11-12H2,1-2H3,(H,20,22)/t13-/m1/s1. The summed E-state index contributed by atoms with van der Waals surface area (Å²) in [5, 5.41) is 2.84. The Balaban J connectivity index is 1.64. The minimum Gasteiger partial charge on any atom is -0.497 e. The van der Waals surface area contributed by atoms with Crippen molar-refractivity contribution in [3.05, 3.63) is 54.1 Å². The number of carbonyl (C=O) groups excluding carboxylic acids is 2. The van der Waals surface area contributed by atoms with Crippen molar-refractivity contribution < 1.29 is 19.1 Å². The Kier molecular flexibility index (Phi) is 4.88. The van der Waals surface area contributed by atoms with Gasteiger partial charge in [0.15, 0.2) is 6.10 Å². The van der Waals surface area contributed by atoms with Crippen LogP contribution in [0.25, 0.3) is 0 Å². The summed E-state index contributed by atoms with van der Waals surface area (Å²) in [5.41, 5.74) is 1.57. The van der Waals surface area contributed by atoms with Crippen LogP contribution in [0, 0.1) is 0 Å². The molecule has 130 valence electrons. The van der Waals surface area contributed by atoms with Crippen molar-refractivity contribution in [1.82, 2.24) is 5.32 Å². The molecular weight excluding hydrogens is 320 g/mol. The van der Waals surface area contributed by atoms with Crippen LogP contribution in [0.15, 0.2) is 48.5 Å². The third-order valence-electron chi connectivity index (χ3n) is 4.02. The molecule has 0 aromatic heterocycles. The van der Waals surface area contributed by atoms with Crippen LogP contribution in [0.3, 0.4) is 0 Å². The van der Waals surface area contributed by atoms with Crippen molar-refractivity contribution in [3.8, 4) is 11.5 Å². The number of methoxy groups -OCH3 is 1. The number of anilines is 1. The number of amides is 2. The van der Waals surface area contributed by atoms with E-state index >= 15 is 0 Å². The molecule has 1 aliphatic rings. The van der Waals surface area contributed by atoms with Gasteiger partial charge in [-0.2, -0.15) is 0 Å². The number of nitrogens with one attached hydrogen (secondary N) is 1. The lowest BCUT2D eigenvalue weighted by Crippen LogP contribution is -2.48. The first-order valence-electron chi connectivity index (χ1n) is 8.05. The minimum absolute atomic E-state index is 0.0420. The lowest BCUT2D eigenvalue weighted by molar-refractivity contribution is -0.128. The van der Waals surface area contributed by atoms with Gasteiger partial charge in [-0.25, -0.2) is 0 Å². The number of hydrogen-bond acceptors (Lipinski definition) is 4. The summed E-state index contributed by atoms with van der Waals surface area (Å²) in [6, 6.07) is 14.7. The van der Waals surface area contributed by atoms with Gasteiger partial charge in [0.1, 0.15) is 18.0 Å². The number of fused-ring (bicyclic) bond motifs is 1. The summed E-state index contributed by atoms with van der Waals surface area (Å²) in [6.07, 6.45) is -0.607. The molecule has 0 aliphatic carbocycles. The van der Waals surface area contributed by atoms with E-state index in [9.17, 15) is 9.59 Å². The zero-order chi connectivity index (χ0) is 17.8. The van der Waals surface area contributed by atoms with Gasteiger partial charge in [0.05, 0.1) is 12.8 Å². The summed E-state index contributed by atoms with van der Waals surface area (Å²) in [4.78, 5) is 26.1. The molecule has 2 aromatic rings. The second kappa shape index (κ2) is 7.25. The van der Waals surface area contributed by atoms with E-state index in [1.54, 1.807) is 26.2 Å². The van der Waals surface area contributed by atoms with E-state index in [2.05, 4.69) is 5.32 Å². The van der Waals surface area contributed by atoms with Crippen LogP contribution in [-0.2, 0) is 16.1 Å². The van der Waals surface area contributed by atoms with Crippen LogP contribution in [-0.4, -0.2) is 31.6 Å². The number of para-hydroxylation sites is 2. The molecule has 0 spiro atoms. The number of nitrogens with zero attached hydrogens (tertiary/aromatic N) is 1. The lowest BCUT2D eigenvalue weighted by Gasteiger charge is -2.32. The molecule has 0 radical (unpaired) electrons. The van der Waals surface area contributed by atoms with Crippen LogP contribution in [0.4, 0.5) is 5.69 Å². The van der Waals surface area contributed by atoms with E-state index in [0.717, 1.165) is 11.3 Å². The number of ether oxygens (including phenoxy) is 2. The molecule has 2 amide bonds. The van der Waals surface area contributed by atoms with E-state index in [1.165, 1.54) is 4.90 Å². The van der Waals surface area contributed by atoms with E-state index in [0.29, 0.717) is 18.0 Å². The van der Waals surface area contributed by atoms with Gasteiger partial charge >= 0.3 is 0 Å². The Hall–Kier alpha value is -3.02. The van der Waals surface area contributed by atoms with E-state index in [-0.39, 0.29) is 18.4 Å². The smallest absolute Gasteiger partial charge is 0.268 e. The summed E-state index contributed by atoms with van der Waals surface area (Å²) in [5.74, 6) is 0.920. The van der Waals surface area contributed by atoms with Gasteiger partial charge < -0.3 is 14.8 Å². The molecule has 6 heteroatoms. The maximum Gasteiger partial charge on any atom is 0.268 e. The van der Waals surface area contributed by atoms with E-state index in [4.69, 9.17) is 9.47 Å². The highest BCUT2D eigenvalue weighted by Gasteiger charge is 2.32. The van der Waals surface area contributed by atoms with Crippen LogP contribution in [0.5, 0.6) is 11.5 Å². The molecule has 0 unspecified atom stereocenters. The number of hydrogen-bond donors (Lipinski definition) is 1. The highest BCUT2D eigenvalue weighted by Crippen LogP contribution is 2.33. The van der Waals surface area contributed by atoms with Crippen molar-refractivity contribution in [3.63, 3.8) is 0 Å². The topological polar surface area (TPSA) is 67.9 Å². The monoisotopic (exact) mass is 340 g/mol. The van der Waals surface area contributed by atoms with Crippen LogP contribution in [0.1, 0.15) is 12.5 Å². The van der Waals surface area contributed by atoms with Crippen LogP contribution < -0.4 is 19.7 Å². The minimum atomic E-state index is -0.607. The molecule has 3 rings (SSSR count). The molecule has 1 atom stereocenters. The maximum absolute atomic E-state index is 12.4. The predicted molar refractivity (Wildman–Crippen MR) is 93.7 cm³/mol. The quantitative estimate of drug-likeness (QED) is 0.905. The van der Waals surface area contributed by atoms with Gasteiger partial charge in [-0.15, -0.1) is 0 Å². The molecular formula is C19H20N2O4. The zero-order valence-corrected chi connectivity index (χ0v) is 14.2. The van der Waals surface area contributed by atoms with E-state index < -0.39 is 6.10 Å². The lowest BCUT2D eigenvalue weighted by atomic mass is 10.2. The third kappa shape index (κ3) is 3.74. The highest BCUT2D eigenvalue weighted by atomic mass is 16.5. The first-order valence-corrected chi connectivity index (χ1v) is 8.05. The Bertz CT molecular complexity index is 773. The fourth-order valence-electron chi connectivity index (χ4n) is 2.67. The van der Waals surface area contributed by atoms with Crippen molar-refractivity contribution in [1.29, 1.82) is 0 Å². The van der Waals surface area contributed by atoms with Crippen molar-refractivity contribution in [2.75, 3.05) is 18.6 Å². The summed E-state index contributed by atoms with van der Waals surface area (Å²) >= 11 is 0. The van der Waals surface area contributed by atoms with Crippen molar-refractivity contribution in [2.24, 2.45) is 0 Å². The first-order chi connectivity index (χ1) is 12.1. The van der Waals surface area contributed by atoms with Gasteiger partial charge in [0, 0.05) is 6.54 Å². The number of benzene rings is 2. The molecule has 6 nitrogen and oxygen atoms in total.